The summed E-state index contributed by atoms with van der Waals surface area (Å²) in [7, 11) is 0. The second-order valence-corrected chi connectivity index (χ2v) is 3.40. The number of rotatable bonds is 3. The maximum atomic E-state index is 5.74. The van der Waals surface area contributed by atoms with E-state index < -0.39 is 0 Å². The highest BCUT2D eigenvalue weighted by atomic mass is 35.5. The molecule has 0 radical (unpaired) electrons. The third-order valence-corrected chi connectivity index (χ3v) is 2.07. The quantitative estimate of drug-likeness (QED) is 0.729. The molecule has 1 aromatic rings. The summed E-state index contributed by atoms with van der Waals surface area (Å²) in [6, 6.07) is 7.12. The smallest absolute Gasteiger partial charge is 0.118 e. The first-order valence-electron chi connectivity index (χ1n) is 4.01. The Morgan fingerprint density at radius 1 is 1.31 bits per heavy atom. The second-order valence-electron chi connectivity index (χ2n) is 2.97. The molecular formula is C9H13ClN2O. The van der Waals surface area contributed by atoms with Gasteiger partial charge in [0.1, 0.15) is 6.10 Å². The molecule has 4 heteroatoms. The number of hydrogen-bond acceptors (Lipinski definition) is 3. The molecule has 0 aliphatic rings. The summed E-state index contributed by atoms with van der Waals surface area (Å²) in [6.07, 6.45) is -0.280. The Hall–Kier alpha value is -0.610. The maximum absolute atomic E-state index is 5.74. The van der Waals surface area contributed by atoms with Crippen molar-refractivity contribution in [3.63, 3.8) is 0 Å². The zero-order chi connectivity index (χ0) is 9.84. The van der Waals surface area contributed by atoms with Gasteiger partial charge in [0.15, 0.2) is 0 Å². The second kappa shape index (κ2) is 4.58. The van der Waals surface area contributed by atoms with Crippen LogP contribution >= 0.6 is 11.6 Å². The Labute approximate surface area is 82.6 Å². The molecule has 0 amide bonds. The summed E-state index contributed by atoms with van der Waals surface area (Å²) in [5, 5.41) is 0.684. The van der Waals surface area contributed by atoms with Crippen LogP contribution in [-0.2, 0) is 4.84 Å². The van der Waals surface area contributed by atoms with Crippen molar-refractivity contribution >= 4 is 11.6 Å². The number of nitrogens with two attached hydrogens (primary N) is 2. The van der Waals surface area contributed by atoms with Gasteiger partial charge in [-0.3, -0.25) is 4.84 Å². The molecule has 2 atom stereocenters. The predicted molar refractivity (Wildman–Crippen MR) is 53.1 cm³/mol. The van der Waals surface area contributed by atoms with Crippen molar-refractivity contribution in [2.24, 2.45) is 11.6 Å². The lowest BCUT2D eigenvalue weighted by Gasteiger charge is -2.18. The lowest BCUT2D eigenvalue weighted by atomic mass is 10.0. The fourth-order valence-corrected chi connectivity index (χ4v) is 1.28. The molecule has 0 saturated heterocycles. The topological polar surface area (TPSA) is 61.3 Å². The van der Waals surface area contributed by atoms with Gasteiger partial charge in [-0.25, -0.2) is 5.90 Å². The first-order valence-corrected chi connectivity index (χ1v) is 4.39. The van der Waals surface area contributed by atoms with Crippen molar-refractivity contribution < 1.29 is 4.84 Å². The zero-order valence-corrected chi connectivity index (χ0v) is 8.16. The third kappa shape index (κ3) is 2.67. The van der Waals surface area contributed by atoms with Crippen molar-refractivity contribution in [2.75, 3.05) is 0 Å². The standard InChI is InChI=1S/C9H13ClN2O/c1-6(11)9(13-12)7-2-4-8(10)5-3-7/h2-6,9H,11-12H2,1H3/t6-,9-/m0/s1. The summed E-state index contributed by atoms with van der Waals surface area (Å²) in [5.41, 5.74) is 6.61. The van der Waals surface area contributed by atoms with E-state index in [0.717, 1.165) is 5.56 Å². The largest absolute Gasteiger partial charge is 0.325 e. The summed E-state index contributed by atoms with van der Waals surface area (Å²) < 4.78 is 0. The first kappa shape index (κ1) is 10.5. The third-order valence-electron chi connectivity index (χ3n) is 1.82. The average Bonchev–Trinajstić information content (AvgIpc) is 2.09. The van der Waals surface area contributed by atoms with Crippen LogP contribution in [0.2, 0.25) is 5.02 Å². The van der Waals surface area contributed by atoms with Crippen LogP contribution in [0.1, 0.15) is 18.6 Å². The van der Waals surface area contributed by atoms with E-state index in [1.807, 2.05) is 19.1 Å². The van der Waals surface area contributed by atoms with Crippen molar-refractivity contribution in [3.05, 3.63) is 34.9 Å². The molecule has 13 heavy (non-hydrogen) atoms. The van der Waals surface area contributed by atoms with E-state index in [1.165, 1.54) is 0 Å². The fraction of sp³-hybridized carbons (Fsp3) is 0.333. The monoisotopic (exact) mass is 200 g/mol. The molecule has 1 rings (SSSR count). The Morgan fingerprint density at radius 3 is 2.23 bits per heavy atom. The van der Waals surface area contributed by atoms with Crippen molar-refractivity contribution in [2.45, 2.75) is 19.1 Å². The van der Waals surface area contributed by atoms with Gasteiger partial charge in [-0.05, 0) is 24.6 Å². The molecule has 0 spiro atoms. The van der Waals surface area contributed by atoms with Gasteiger partial charge in [-0.15, -0.1) is 0 Å². The van der Waals surface area contributed by atoms with Gasteiger partial charge in [0, 0.05) is 11.1 Å². The molecule has 3 nitrogen and oxygen atoms in total. The highest BCUT2D eigenvalue weighted by molar-refractivity contribution is 6.30. The van der Waals surface area contributed by atoms with Crippen LogP contribution in [0.15, 0.2) is 24.3 Å². The lowest BCUT2D eigenvalue weighted by Crippen LogP contribution is -2.28. The van der Waals surface area contributed by atoms with Crippen LogP contribution < -0.4 is 11.6 Å². The zero-order valence-electron chi connectivity index (χ0n) is 7.41. The Bertz CT molecular complexity index is 261. The number of hydrogen-bond donors (Lipinski definition) is 2. The Morgan fingerprint density at radius 2 is 1.85 bits per heavy atom. The normalized spacial score (nSPS) is 15.4. The fourth-order valence-electron chi connectivity index (χ4n) is 1.16. The van der Waals surface area contributed by atoms with Gasteiger partial charge in [0.05, 0.1) is 0 Å². The van der Waals surface area contributed by atoms with Crippen LogP contribution in [0.5, 0.6) is 0 Å². The van der Waals surface area contributed by atoms with Gasteiger partial charge in [-0.2, -0.15) is 0 Å². The van der Waals surface area contributed by atoms with Crippen LogP contribution in [0.3, 0.4) is 0 Å². The van der Waals surface area contributed by atoms with Gasteiger partial charge < -0.3 is 5.73 Å². The molecule has 0 saturated carbocycles. The summed E-state index contributed by atoms with van der Waals surface area (Å²) in [6.45, 7) is 1.84. The number of benzene rings is 1. The first-order chi connectivity index (χ1) is 6.15. The molecule has 0 unspecified atom stereocenters. The van der Waals surface area contributed by atoms with Crippen molar-refractivity contribution in [1.82, 2.24) is 0 Å². The molecule has 0 heterocycles. The lowest BCUT2D eigenvalue weighted by molar-refractivity contribution is 0.0380. The van der Waals surface area contributed by atoms with Gasteiger partial charge >= 0.3 is 0 Å². The van der Waals surface area contributed by atoms with Crippen LogP contribution in [-0.4, -0.2) is 6.04 Å². The van der Waals surface area contributed by atoms with Gasteiger partial charge in [0.25, 0.3) is 0 Å². The molecular weight excluding hydrogens is 188 g/mol. The van der Waals surface area contributed by atoms with E-state index in [1.54, 1.807) is 12.1 Å². The van der Waals surface area contributed by atoms with Crippen molar-refractivity contribution in [1.29, 1.82) is 0 Å². The van der Waals surface area contributed by atoms with E-state index in [-0.39, 0.29) is 12.1 Å². The molecule has 72 valence electrons. The molecule has 4 N–H and O–H groups in total. The van der Waals surface area contributed by atoms with E-state index in [9.17, 15) is 0 Å². The highest BCUT2D eigenvalue weighted by Crippen LogP contribution is 2.20. The highest BCUT2D eigenvalue weighted by Gasteiger charge is 2.15. The Kier molecular flexibility index (Phi) is 3.69. The SMILES string of the molecule is C[C@H](N)[C@H](ON)c1ccc(Cl)cc1. The summed E-state index contributed by atoms with van der Waals surface area (Å²) >= 11 is 5.74. The van der Waals surface area contributed by atoms with Crippen LogP contribution in [0, 0.1) is 0 Å². The minimum Gasteiger partial charge on any atom is -0.325 e. The molecule has 0 aromatic heterocycles. The molecule has 0 aliphatic carbocycles. The van der Waals surface area contributed by atoms with E-state index in [4.69, 9.17) is 28.1 Å². The van der Waals surface area contributed by atoms with Gasteiger partial charge in [0.2, 0.25) is 0 Å². The van der Waals surface area contributed by atoms with E-state index in [0.29, 0.717) is 5.02 Å². The summed E-state index contributed by atoms with van der Waals surface area (Å²) in [4.78, 5) is 4.77. The molecule has 0 aliphatic heterocycles. The minimum atomic E-state index is -0.280. The minimum absolute atomic E-state index is 0.147. The molecule has 0 bridgehead atoms. The van der Waals surface area contributed by atoms with E-state index >= 15 is 0 Å². The van der Waals surface area contributed by atoms with Gasteiger partial charge in [-0.1, -0.05) is 23.7 Å². The molecule has 1 aromatic carbocycles. The van der Waals surface area contributed by atoms with Crippen molar-refractivity contribution in [3.8, 4) is 0 Å². The van der Waals surface area contributed by atoms with E-state index in [2.05, 4.69) is 0 Å². The molecule has 0 fully saturated rings. The summed E-state index contributed by atoms with van der Waals surface area (Å²) in [5.74, 6) is 5.13. The Balaban J connectivity index is 2.86. The predicted octanol–water partition coefficient (Wildman–Crippen LogP) is 1.62. The number of halogens is 1. The average molecular weight is 201 g/mol. The van der Waals surface area contributed by atoms with Crippen LogP contribution in [0.25, 0.3) is 0 Å². The maximum Gasteiger partial charge on any atom is 0.118 e. The van der Waals surface area contributed by atoms with Crippen LogP contribution in [0.4, 0.5) is 0 Å².